The van der Waals surface area contributed by atoms with E-state index in [-0.39, 0.29) is 12.5 Å². The van der Waals surface area contributed by atoms with Crippen molar-refractivity contribution >= 4 is 5.91 Å². The van der Waals surface area contributed by atoms with E-state index in [1.165, 1.54) is 32.1 Å². The molecule has 1 amide bonds. The fourth-order valence-corrected chi connectivity index (χ4v) is 2.71. The molecule has 0 unspecified atom stereocenters. The predicted molar refractivity (Wildman–Crippen MR) is 71.3 cm³/mol. The summed E-state index contributed by atoms with van der Waals surface area (Å²) in [7, 11) is 0. The van der Waals surface area contributed by atoms with Gasteiger partial charge in [0.2, 0.25) is 5.91 Å². The highest BCUT2D eigenvalue weighted by Gasteiger charge is 2.33. The molecule has 0 radical (unpaired) electrons. The Morgan fingerprint density at radius 3 is 2.39 bits per heavy atom. The Bertz CT molecular complexity index is 275. The lowest BCUT2D eigenvalue weighted by molar-refractivity contribution is -0.134. The Kier molecular flexibility index (Phi) is 5.01. The molecule has 18 heavy (non-hydrogen) atoms. The average molecular weight is 254 g/mol. The number of likely N-dealkylation sites (N-methyl/N-ethyl adjacent to an activating group) is 1. The van der Waals surface area contributed by atoms with Gasteiger partial charge in [-0.3, -0.25) is 9.69 Å². The Balaban J connectivity index is 1.83. The number of aliphatic hydroxyl groups excluding tert-OH is 1. The first-order valence-corrected chi connectivity index (χ1v) is 7.40. The van der Waals surface area contributed by atoms with Crippen LogP contribution < -0.4 is 0 Å². The van der Waals surface area contributed by atoms with Crippen molar-refractivity contribution in [2.75, 3.05) is 26.2 Å². The molecule has 0 aromatic heterocycles. The van der Waals surface area contributed by atoms with Gasteiger partial charge in [-0.1, -0.05) is 6.42 Å². The fourth-order valence-electron chi connectivity index (χ4n) is 2.71. The molecule has 0 aromatic carbocycles. The van der Waals surface area contributed by atoms with Crippen LogP contribution in [0.3, 0.4) is 0 Å². The van der Waals surface area contributed by atoms with Gasteiger partial charge in [0.1, 0.15) is 0 Å². The average Bonchev–Trinajstić information content (AvgIpc) is 3.08. The van der Waals surface area contributed by atoms with Gasteiger partial charge in [-0.25, -0.2) is 0 Å². The number of hydrogen-bond acceptors (Lipinski definition) is 3. The maximum absolute atomic E-state index is 12.3. The number of aliphatic hydroxyl groups is 1. The van der Waals surface area contributed by atoms with Gasteiger partial charge in [0.15, 0.2) is 0 Å². The van der Waals surface area contributed by atoms with E-state index in [1.54, 1.807) is 0 Å². The third-order valence-corrected chi connectivity index (χ3v) is 4.18. The second-order valence-electron chi connectivity index (χ2n) is 5.54. The minimum atomic E-state index is 0.220. The first kappa shape index (κ1) is 13.8. The van der Waals surface area contributed by atoms with Gasteiger partial charge in [-0.15, -0.1) is 0 Å². The van der Waals surface area contributed by atoms with Gasteiger partial charge < -0.3 is 10.0 Å². The monoisotopic (exact) mass is 254 g/mol. The summed E-state index contributed by atoms with van der Waals surface area (Å²) in [5.74, 6) is 0.282. The molecule has 2 saturated carbocycles. The number of rotatable bonds is 8. The van der Waals surface area contributed by atoms with E-state index >= 15 is 0 Å². The summed E-state index contributed by atoms with van der Waals surface area (Å²) in [6.45, 7) is 4.53. The quantitative estimate of drug-likeness (QED) is 0.708. The van der Waals surface area contributed by atoms with E-state index in [0.29, 0.717) is 18.6 Å². The van der Waals surface area contributed by atoms with Gasteiger partial charge in [0.05, 0.1) is 6.54 Å². The van der Waals surface area contributed by atoms with Gasteiger partial charge >= 0.3 is 0 Å². The Morgan fingerprint density at radius 1 is 1.22 bits per heavy atom. The molecular weight excluding hydrogens is 228 g/mol. The topological polar surface area (TPSA) is 43.8 Å². The van der Waals surface area contributed by atoms with Crippen molar-refractivity contribution in [2.45, 2.75) is 57.5 Å². The first-order chi connectivity index (χ1) is 8.76. The smallest absolute Gasteiger partial charge is 0.236 e. The van der Waals surface area contributed by atoms with E-state index in [1.807, 2.05) is 4.90 Å². The van der Waals surface area contributed by atoms with Gasteiger partial charge in [0, 0.05) is 31.8 Å². The number of hydrogen-bond donors (Lipinski definition) is 1. The van der Waals surface area contributed by atoms with Crippen LogP contribution in [-0.2, 0) is 4.79 Å². The molecule has 0 atom stereocenters. The van der Waals surface area contributed by atoms with Gasteiger partial charge in [0.25, 0.3) is 0 Å². The molecule has 0 spiro atoms. The Morgan fingerprint density at radius 2 is 1.94 bits per heavy atom. The van der Waals surface area contributed by atoms with E-state index in [4.69, 9.17) is 5.11 Å². The molecule has 0 bridgehead atoms. The molecule has 2 fully saturated rings. The number of carbonyl (C=O) groups is 1. The van der Waals surface area contributed by atoms with Crippen LogP contribution in [-0.4, -0.2) is 59.1 Å². The third kappa shape index (κ3) is 3.45. The molecule has 2 aliphatic carbocycles. The minimum Gasteiger partial charge on any atom is -0.396 e. The molecule has 0 aromatic rings. The van der Waals surface area contributed by atoms with Crippen LogP contribution in [0.25, 0.3) is 0 Å². The number of carbonyl (C=O) groups excluding carboxylic acids is 1. The summed E-state index contributed by atoms with van der Waals surface area (Å²) in [5.41, 5.74) is 0. The maximum Gasteiger partial charge on any atom is 0.236 e. The second kappa shape index (κ2) is 6.53. The lowest BCUT2D eigenvalue weighted by Gasteiger charge is -2.38. The summed E-state index contributed by atoms with van der Waals surface area (Å²) in [4.78, 5) is 16.6. The largest absolute Gasteiger partial charge is 0.396 e. The van der Waals surface area contributed by atoms with Crippen LogP contribution in [0, 0.1) is 0 Å². The highest BCUT2D eigenvalue weighted by molar-refractivity contribution is 5.79. The van der Waals surface area contributed by atoms with Crippen LogP contribution >= 0.6 is 0 Å². The molecule has 4 heteroatoms. The van der Waals surface area contributed by atoms with E-state index in [2.05, 4.69) is 11.8 Å². The summed E-state index contributed by atoms with van der Waals surface area (Å²) >= 11 is 0. The van der Waals surface area contributed by atoms with E-state index < -0.39 is 0 Å². The van der Waals surface area contributed by atoms with Crippen molar-refractivity contribution in [1.29, 1.82) is 0 Å². The van der Waals surface area contributed by atoms with Crippen molar-refractivity contribution in [2.24, 2.45) is 0 Å². The van der Waals surface area contributed by atoms with Crippen molar-refractivity contribution in [1.82, 2.24) is 9.80 Å². The SMILES string of the molecule is CCN(C(=O)CN(CCCO)C1CCC1)C1CC1. The highest BCUT2D eigenvalue weighted by atomic mass is 16.3. The molecule has 4 nitrogen and oxygen atoms in total. The standard InChI is InChI=1S/C14H26N2O2/c1-2-16(13-7-8-13)14(18)11-15(9-4-10-17)12-5-3-6-12/h12-13,17H,2-11H2,1H3. The van der Waals surface area contributed by atoms with Gasteiger partial charge in [-0.2, -0.15) is 0 Å². The Hall–Kier alpha value is -0.610. The third-order valence-electron chi connectivity index (χ3n) is 4.18. The Labute approximate surface area is 110 Å². The molecule has 2 rings (SSSR count). The van der Waals surface area contributed by atoms with E-state index in [9.17, 15) is 4.79 Å². The van der Waals surface area contributed by atoms with E-state index in [0.717, 1.165) is 19.5 Å². The second-order valence-corrected chi connectivity index (χ2v) is 5.54. The zero-order valence-electron chi connectivity index (χ0n) is 11.5. The normalized spacial score (nSPS) is 19.9. The van der Waals surface area contributed by atoms with Crippen molar-refractivity contribution < 1.29 is 9.90 Å². The summed E-state index contributed by atoms with van der Waals surface area (Å²) in [5, 5.41) is 8.95. The van der Waals surface area contributed by atoms with Crippen molar-refractivity contribution in [3.63, 3.8) is 0 Å². The van der Waals surface area contributed by atoms with Gasteiger partial charge in [-0.05, 0) is 39.0 Å². The zero-order chi connectivity index (χ0) is 13.0. The predicted octanol–water partition coefficient (Wildman–Crippen LogP) is 1.23. The number of amides is 1. The molecule has 104 valence electrons. The lowest BCUT2D eigenvalue weighted by atomic mass is 9.91. The first-order valence-electron chi connectivity index (χ1n) is 7.40. The molecule has 0 saturated heterocycles. The number of nitrogens with zero attached hydrogens (tertiary/aromatic N) is 2. The van der Waals surface area contributed by atoms with Crippen LogP contribution in [0.1, 0.15) is 45.4 Å². The van der Waals surface area contributed by atoms with Crippen LogP contribution in [0.4, 0.5) is 0 Å². The van der Waals surface area contributed by atoms with Crippen LogP contribution in [0.15, 0.2) is 0 Å². The highest BCUT2D eigenvalue weighted by Crippen LogP contribution is 2.28. The van der Waals surface area contributed by atoms with Crippen molar-refractivity contribution in [3.05, 3.63) is 0 Å². The van der Waals surface area contributed by atoms with Crippen molar-refractivity contribution in [3.8, 4) is 0 Å². The molecule has 0 heterocycles. The summed E-state index contributed by atoms with van der Waals surface area (Å²) in [6, 6.07) is 1.10. The lowest BCUT2D eigenvalue weighted by Crippen LogP contribution is -2.48. The summed E-state index contributed by atoms with van der Waals surface area (Å²) in [6.07, 6.45) is 6.86. The molecule has 0 aliphatic heterocycles. The molecular formula is C14H26N2O2. The minimum absolute atomic E-state index is 0.220. The fraction of sp³-hybridized carbons (Fsp3) is 0.929. The summed E-state index contributed by atoms with van der Waals surface area (Å²) < 4.78 is 0. The maximum atomic E-state index is 12.3. The molecule has 1 N–H and O–H groups in total. The zero-order valence-corrected chi connectivity index (χ0v) is 11.5. The molecule has 2 aliphatic rings. The van der Waals surface area contributed by atoms with Crippen LogP contribution in [0.5, 0.6) is 0 Å². The van der Waals surface area contributed by atoms with Crippen LogP contribution in [0.2, 0.25) is 0 Å².